The fourth-order valence-corrected chi connectivity index (χ4v) is 2.91. The van der Waals surface area contributed by atoms with E-state index in [2.05, 4.69) is 15.9 Å². The van der Waals surface area contributed by atoms with E-state index in [1.807, 2.05) is 0 Å². The topological polar surface area (TPSA) is 46.2 Å². The molecule has 1 fully saturated rings. The molecule has 0 bridgehead atoms. The Labute approximate surface area is 96.4 Å². The summed E-state index contributed by atoms with van der Waals surface area (Å²) in [7, 11) is 0. The van der Waals surface area contributed by atoms with Crippen LogP contribution >= 0.6 is 15.9 Å². The molecule has 1 aliphatic rings. The first-order valence-electron chi connectivity index (χ1n) is 4.91. The quantitative estimate of drug-likeness (QED) is 0.865. The van der Waals surface area contributed by atoms with Crippen molar-refractivity contribution >= 4 is 15.9 Å². The first-order chi connectivity index (χ1) is 7.07. The molecule has 82 valence electrons. The minimum absolute atomic E-state index is 0.250. The smallest absolute Gasteiger partial charge is 0.123 e. The summed E-state index contributed by atoms with van der Waals surface area (Å²) in [4.78, 5) is 0. The maximum atomic E-state index is 13.1. The summed E-state index contributed by atoms with van der Waals surface area (Å²) >= 11 is 3.40. The third-order valence-corrected chi connectivity index (χ3v) is 3.83. The highest BCUT2D eigenvalue weighted by atomic mass is 79.9. The van der Waals surface area contributed by atoms with Crippen LogP contribution in [0.3, 0.4) is 0 Å². The van der Waals surface area contributed by atoms with Gasteiger partial charge in [0.2, 0.25) is 0 Å². The van der Waals surface area contributed by atoms with Crippen LogP contribution in [0.5, 0.6) is 0 Å². The van der Waals surface area contributed by atoms with E-state index in [1.165, 1.54) is 12.1 Å². The fourth-order valence-electron chi connectivity index (χ4n) is 2.24. The molecule has 0 atom stereocenters. The number of rotatable bonds is 2. The van der Waals surface area contributed by atoms with Gasteiger partial charge in [-0.05, 0) is 36.6 Å². The van der Waals surface area contributed by atoms with Crippen molar-refractivity contribution in [3.8, 4) is 0 Å². The predicted octanol–water partition coefficient (Wildman–Crippen LogP) is 1.94. The zero-order chi connectivity index (χ0) is 11.1. The number of hydrogen-bond donors (Lipinski definition) is 2. The van der Waals surface area contributed by atoms with Gasteiger partial charge in [0.15, 0.2) is 0 Å². The molecule has 1 saturated carbocycles. The molecule has 4 heteroatoms. The molecule has 0 spiro atoms. The molecule has 0 unspecified atom stereocenters. The SMILES string of the molecule is NCC1(c2cc(F)ccc2Br)CC(O)C1. The van der Waals surface area contributed by atoms with Crippen LogP contribution in [0.25, 0.3) is 0 Å². The van der Waals surface area contributed by atoms with E-state index >= 15 is 0 Å². The first-order valence-corrected chi connectivity index (χ1v) is 5.70. The normalized spacial score (nSPS) is 30.0. The molecule has 0 aliphatic heterocycles. The highest BCUT2D eigenvalue weighted by Crippen LogP contribution is 2.45. The summed E-state index contributed by atoms with van der Waals surface area (Å²) in [5.41, 5.74) is 6.35. The second kappa shape index (κ2) is 3.85. The van der Waals surface area contributed by atoms with Crippen LogP contribution in [0.2, 0.25) is 0 Å². The minimum Gasteiger partial charge on any atom is -0.393 e. The largest absolute Gasteiger partial charge is 0.393 e. The van der Waals surface area contributed by atoms with Crippen LogP contribution in [0.4, 0.5) is 4.39 Å². The number of hydrogen-bond acceptors (Lipinski definition) is 2. The maximum Gasteiger partial charge on any atom is 0.123 e. The third kappa shape index (κ3) is 1.82. The standard InChI is InChI=1S/C11H13BrFNO/c12-10-2-1-7(13)3-9(10)11(6-14)4-8(15)5-11/h1-3,8,15H,4-6,14H2. The van der Waals surface area contributed by atoms with Gasteiger partial charge in [0.1, 0.15) is 5.82 Å². The van der Waals surface area contributed by atoms with E-state index in [0.717, 1.165) is 10.0 Å². The zero-order valence-electron chi connectivity index (χ0n) is 8.21. The van der Waals surface area contributed by atoms with Crippen molar-refractivity contribution in [2.45, 2.75) is 24.4 Å². The van der Waals surface area contributed by atoms with Gasteiger partial charge < -0.3 is 10.8 Å². The highest BCUT2D eigenvalue weighted by molar-refractivity contribution is 9.10. The molecule has 0 saturated heterocycles. The molecule has 1 aromatic carbocycles. The third-order valence-electron chi connectivity index (χ3n) is 3.14. The molecule has 0 radical (unpaired) electrons. The highest BCUT2D eigenvalue weighted by Gasteiger charge is 2.44. The summed E-state index contributed by atoms with van der Waals surface area (Å²) in [5.74, 6) is -0.262. The van der Waals surface area contributed by atoms with Gasteiger partial charge in [0.25, 0.3) is 0 Å². The summed E-state index contributed by atoms with van der Waals surface area (Å²) in [6.45, 7) is 0.437. The van der Waals surface area contributed by atoms with E-state index < -0.39 is 0 Å². The van der Waals surface area contributed by atoms with E-state index in [4.69, 9.17) is 5.73 Å². The fraction of sp³-hybridized carbons (Fsp3) is 0.455. The lowest BCUT2D eigenvalue weighted by Crippen LogP contribution is -2.50. The average molecular weight is 274 g/mol. The lowest BCUT2D eigenvalue weighted by Gasteiger charge is -2.45. The number of nitrogens with two attached hydrogens (primary N) is 1. The molecule has 0 aromatic heterocycles. The number of aliphatic hydroxyl groups is 1. The summed E-state index contributed by atoms with van der Waals surface area (Å²) in [6.07, 6.45) is 0.931. The van der Waals surface area contributed by atoms with Gasteiger partial charge >= 0.3 is 0 Å². The molecule has 0 amide bonds. The van der Waals surface area contributed by atoms with Gasteiger partial charge in [0.05, 0.1) is 6.10 Å². The Balaban J connectivity index is 2.39. The summed E-state index contributed by atoms with van der Waals surface area (Å²) in [6, 6.07) is 4.60. The second-order valence-corrected chi connectivity index (χ2v) is 5.03. The monoisotopic (exact) mass is 273 g/mol. The maximum absolute atomic E-state index is 13.1. The van der Waals surface area contributed by atoms with Crippen molar-refractivity contribution in [2.75, 3.05) is 6.54 Å². The molecule has 1 aliphatic carbocycles. The number of benzene rings is 1. The van der Waals surface area contributed by atoms with E-state index in [1.54, 1.807) is 6.07 Å². The van der Waals surface area contributed by atoms with Crippen LogP contribution < -0.4 is 5.73 Å². The molecule has 1 aromatic rings. The molecule has 3 N–H and O–H groups in total. The van der Waals surface area contributed by atoms with Gasteiger partial charge in [-0.15, -0.1) is 0 Å². The first kappa shape index (κ1) is 11.0. The zero-order valence-corrected chi connectivity index (χ0v) is 9.80. The Morgan fingerprint density at radius 1 is 1.53 bits per heavy atom. The Hall–Kier alpha value is -0.450. The van der Waals surface area contributed by atoms with Gasteiger partial charge in [0, 0.05) is 16.4 Å². The van der Waals surface area contributed by atoms with Gasteiger partial charge in [-0.1, -0.05) is 15.9 Å². The Morgan fingerprint density at radius 3 is 2.73 bits per heavy atom. The Bertz CT molecular complexity index is 377. The van der Waals surface area contributed by atoms with Crippen molar-refractivity contribution in [1.82, 2.24) is 0 Å². The molecular weight excluding hydrogens is 261 g/mol. The van der Waals surface area contributed by atoms with Crippen LogP contribution in [0, 0.1) is 5.82 Å². The van der Waals surface area contributed by atoms with Crippen LogP contribution in [-0.2, 0) is 5.41 Å². The van der Waals surface area contributed by atoms with Crippen LogP contribution in [0.1, 0.15) is 18.4 Å². The number of aliphatic hydroxyl groups excluding tert-OH is 1. The summed E-state index contributed by atoms with van der Waals surface area (Å²) < 4.78 is 14.0. The van der Waals surface area contributed by atoms with Crippen molar-refractivity contribution in [3.05, 3.63) is 34.1 Å². The summed E-state index contributed by atoms with van der Waals surface area (Å²) in [5, 5.41) is 9.37. The second-order valence-electron chi connectivity index (χ2n) is 4.17. The van der Waals surface area contributed by atoms with Crippen LogP contribution in [0.15, 0.2) is 22.7 Å². The predicted molar refractivity (Wildman–Crippen MR) is 60.1 cm³/mol. The molecular formula is C11H13BrFNO. The Morgan fingerprint density at radius 2 is 2.20 bits per heavy atom. The molecule has 0 heterocycles. The van der Waals surface area contributed by atoms with E-state index in [9.17, 15) is 9.50 Å². The molecule has 2 nitrogen and oxygen atoms in total. The lowest BCUT2D eigenvalue weighted by molar-refractivity contribution is 0.0217. The van der Waals surface area contributed by atoms with Gasteiger partial charge in [-0.2, -0.15) is 0 Å². The minimum atomic E-state index is -0.302. The van der Waals surface area contributed by atoms with Crippen molar-refractivity contribution < 1.29 is 9.50 Å². The van der Waals surface area contributed by atoms with Gasteiger partial charge in [-0.25, -0.2) is 4.39 Å². The van der Waals surface area contributed by atoms with E-state index in [-0.39, 0.29) is 17.3 Å². The average Bonchev–Trinajstić information content (AvgIpc) is 2.17. The van der Waals surface area contributed by atoms with Crippen molar-refractivity contribution in [3.63, 3.8) is 0 Å². The molecule has 15 heavy (non-hydrogen) atoms. The Kier molecular flexibility index (Phi) is 2.83. The molecule has 2 rings (SSSR count). The van der Waals surface area contributed by atoms with E-state index in [0.29, 0.717) is 19.4 Å². The van der Waals surface area contributed by atoms with Gasteiger partial charge in [-0.3, -0.25) is 0 Å². The van der Waals surface area contributed by atoms with Crippen LogP contribution in [-0.4, -0.2) is 17.8 Å². The number of halogens is 2. The van der Waals surface area contributed by atoms with Crippen molar-refractivity contribution in [2.24, 2.45) is 5.73 Å². The lowest BCUT2D eigenvalue weighted by atomic mass is 9.63. The van der Waals surface area contributed by atoms with Crippen molar-refractivity contribution in [1.29, 1.82) is 0 Å².